The number of thiocarbonyl (C=S) groups is 1. The molecule has 0 aromatic carbocycles. The lowest BCUT2D eigenvalue weighted by Gasteiger charge is -2.26. The summed E-state index contributed by atoms with van der Waals surface area (Å²) in [5.74, 6) is 0.616. The van der Waals surface area contributed by atoms with Crippen molar-refractivity contribution in [3.8, 4) is 6.07 Å². The number of nitriles is 1. The molecule has 1 aromatic heterocycles. The first-order chi connectivity index (χ1) is 13.4. The van der Waals surface area contributed by atoms with E-state index < -0.39 is 0 Å². The Hall–Kier alpha value is -2.37. The van der Waals surface area contributed by atoms with Crippen LogP contribution in [0.3, 0.4) is 0 Å². The summed E-state index contributed by atoms with van der Waals surface area (Å²) in [5.41, 5.74) is 1.20. The Labute approximate surface area is 174 Å². The minimum atomic E-state index is -0.277. The molecular weight excluding hydrogens is 392 g/mol. The van der Waals surface area contributed by atoms with Crippen molar-refractivity contribution in [3.05, 3.63) is 44.6 Å². The van der Waals surface area contributed by atoms with Crippen LogP contribution in [0.4, 0.5) is 5.82 Å². The number of carbonyl (C=O) groups is 1. The maximum absolute atomic E-state index is 12.9. The molecular formula is C20H22N4O2S2. The first-order valence-corrected chi connectivity index (χ1v) is 10.5. The Bertz CT molecular complexity index is 981. The fraction of sp³-hybridized carbons (Fsp3) is 0.400. The van der Waals surface area contributed by atoms with Gasteiger partial charge in [0.25, 0.3) is 11.5 Å². The summed E-state index contributed by atoms with van der Waals surface area (Å²) in [7, 11) is 0. The van der Waals surface area contributed by atoms with Crippen molar-refractivity contribution >= 4 is 46.1 Å². The number of aromatic nitrogens is 1. The Balaban J connectivity index is 2.24. The third kappa shape index (κ3) is 3.40. The van der Waals surface area contributed by atoms with E-state index in [1.54, 1.807) is 23.6 Å². The normalized spacial score (nSPS) is 18.2. The van der Waals surface area contributed by atoms with Crippen molar-refractivity contribution in [1.29, 1.82) is 5.26 Å². The maximum atomic E-state index is 12.9. The van der Waals surface area contributed by atoms with Gasteiger partial charge in [0.05, 0.1) is 4.91 Å². The van der Waals surface area contributed by atoms with E-state index in [0.29, 0.717) is 27.9 Å². The first-order valence-electron chi connectivity index (χ1n) is 9.23. The molecule has 2 aliphatic heterocycles. The average molecular weight is 415 g/mol. The van der Waals surface area contributed by atoms with E-state index in [2.05, 4.69) is 11.5 Å². The van der Waals surface area contributed by atoms with Crippen LogP contribution in [0, 0.1) is 18.3 Å². The van der Waals surface area contributed by atoms with Gasteiger partial charge in [-0.25, -0.2) is 0 Å². The number of pyridine rings is 1. The van der Waals surface area contributed by atoms with E-state index in [0.717, 1.165) is 37.3 Å². The monoisotopic (exact) mass is 414 g/mol. The van der Waals surface area contributed by atoms with Crippen LogP contribution < -0.4 is 10.5 Å². The summed E-state index contributed by atoms with van der Waals surface area (Å²) in [5, 5.41) is 9.56. The highest BCUT2D eigenvalue weighted by atomic mass is 32.2. The average Bonchev–Trinajstić information content (AvgIpc) is 3.29. The van der Waals surface area contributed by atoms with Gasteiger partial charge in [0.1, 0.15) is 21.8 Å². The Kier molecular flexibility index (Phi) is 6.06. The van der Waals surface area contributed by atoms with Gasteiger partial charge in [-0.15, -0.1) is 6.58 Å². The number of hydrogen-bond acceptors (Lipinski definition) is 6. The lowest BCUT2D eigenvalue weighted by atomic mass is 10.0. The molecule has 0 N–H and O–H groups in total. The van der Waals surface area contributed by atoms with E-state index in [1.807, 2.05) is 13.0 Å². The molecule has 146 valence electrons. The van der Waals surface area contributed by atoms with Gasteiger partial charge in [-0.1, -0.05) is 30.1 Å². The third-order valence-electron chi connectivity index (χ3n) is 5.03. The number of amides is 1. The highest BCUT2D eigenvalue weighted by molar-refractivity contribution is 8.26. The minimum absolute atomic E-state index is 0.123. The van der Waals surface area contributed by atoms with E-state index in [9.17, 15) is 14.9 Å². The van der Waals surface area contributed by atoms with Crippen molar-refractivity contribution in [2.75, 3.05) is 24.5 Å². The van der Waals surface area contributed by atoms with E-state index >= 15 is 0 Å². The number of nitrogens with zero attached hydrogens (tertiary/aromatic N) is 4. The fourth-order valence-electron chi connectivity index (χ4n) is 3.62. The van der Waals surface area contributed by atoms with Crippen molar-refractivity contribution < 1.29 is 4.79 Å². The number of thioether (sulfide) groups is 1. The molecule has 1 amide bonds. The molecule has 0 spiro atoms. The third-order valence-corrected chi connectivity index (χ3v) is 6.41. The molecule has 0 saturated carbocycles. The number of carbonyl (C=O) groups excluding carboxylic acids is 1. The summed E-state index contributed by atoms with van der Waals surface area (Å²) < 4.78 is 2.13. The van der Waals surface area contributed by atoms with Gasteiger partial charge in [0, 0.05) is 31.7 Å². The molecule has 2 fully saturated rings. The van der Waals surface area contributed by atoms with Gasteiger partial charge in [-0.3, -0.25) is 19.1 Å². The molecule has 0 aliphatic carbocycles. The number of hydrogen-bond donors (Lipinski definition) is 0. The maximum Gasteiger partial charge on any atom is 0.270 e. The molecule has 28 heavy (non-hydrogen) atoms. The van der Waals surface area contributed by atoms with Gasteiger partial charge < -0.3 is 4.90 Å². The zero-order chi connectivity index (χ0) is 20.4. The molecule has 2 saturated heterocycles. The molecule has 6 nitrogen and oxygen atoms in total. The second-order valence-electron chi connectivity index (χ2n) is 6.67. The highest BCUT2D eigenvalue weighted by Crippen LogP contribution is 2.36. The molecule has 1 aromatic rings. The zero-order valence-electron chi connectivity index (χ0n) is 16.0. The Morgan fingerprint density at radius 3 is 2.57 bits per heavy atom. The van der Waals surface area contributed by atoms with Crippen LogP contribution in [-0.4, -0.2) is 39.3 Å². The van der Waals surface area contributed by atoms with Gasteiger partial charge in [0.15, 0.2) is 0 Å². The lowest BCUT2D eigenvalue weighted by Crippen LogP contribution is -2.32. The standard InChI is InChI=1S/C20H22N4O2S2/c1-4-8-24-19(26)16(28-20(24)27)11-14-13(3)15(12-21)18(25)23(5-2)17(14)22-9-6-7-10-22/h4,11H,1,5-10H2,2-3H3/b16-11+. The summed E-state index contributed by atoms with van der Waals surface area (Å²) in [6.07, 6.45) is 5.53. The van der Waals surface area contributed by atoms with Crippen molar-refractivity contribution in [1.82, 2.24) is 9.47 Å². The molecule has 3 rings (SSSR count). The smallest absolute Gasteiger partial charge is 0.270 e. The summed E-state index contributed by atoms with van der Waals surface area (Å²) in [4.78, 5) is 29.8. The van der Waals surface area contributed by atoms with Crippen molar-refractivity contribution in [2.45, 2.75) is 33.2 Å². The highest BCUT2D eigenvalue weighted by Gasteiger charge is 2.32. The SMILES string of the molecule is C=CCN1C(=O)/C(=C\c2c(C)c(C#N)c(=O)n(CC)c2N2CCCC2)SC1=S. The minimum Gasteiger partial charge on any atom is -0.357 e. The van der Waals surface area contributed by atoms with Crippen LogP contribution >= 0.6 is 24.0 Å². The Morgan fingerprint density at radius 2 is 2.00 bits per heavy atom. The Morgan fingerprint density at radius 1 is 1.32 bits per heavy atom. The second kappa shape index (κ2) is 8.33. The number of rotatable bonds is 5. The molecule has 0 atom stereocenters. The lowest BCUT2D eigenvalue weighted by molar-refractivity contribution is -0.121. The van der Waals surface area contributed by atoms with Crippen LogP contribution in [-0.2, 0) is 11.3 Å². The second-order valence-corrected chi connectivity index (χ2v) is 8.35. The zero-order valence-corrected chi connectivity index (χ0v) is 17.7. The van der Waals surface area contributed by atoms with E-state index in [1.165, 1.54) is 16.7 Å². The summed E-state index contributed by atoms with van der Waals surface area (Å²) in [6, 6.07) is 2.05. The van der Waals surface area contributed by atoms with Crippen LogP contribution in [0.2, 0.25) is 0 Å². The van der Waals surface area contributed by atoms with E-state index in [4.69, 9.17) is 12.2 Å². The molecule has 3 heterocycles. The molecule has 8 heteroatoms. The van der Waals surface area contributed by atoms with E-state index in [-0.39, 0.29) is 17.0 Å². The van der Waals surface area contributed by atoms with Crippen LogP contribution in [0.5, 0.6) is 0 Å². The molecule has 0 bridgehead atoms. The van der Waals surface area contributed by atoms with Gasteiger partial charge in [-0.2, -0.15) is 5.26 Å². The summed E-state index contributed by atoms with van der Waals surface area (Å²) in [6.45, 7) is 9.86. The summed E-state index contributed by atoms with van der Waals surface area (Å²) >= 11 is 6.57. The van der Waals surface area contributed by atoms with Crippen LogP contribution in [0.25, 0.3) is 6.08 Å². The van der Waals surface area contributed by atoms with Gasteiger partial charge >= 0.3 is 0 Å². The fourth-order valence-corrected chi connectivity index (χ4v) is 4.88. The van der Waals surface area contributed by atoms with Crippen LogP contribution in [0.1, 0.15) is 36.5 Å². The largest absolute Gasteiger partial charge is 0.357 e. The predicted octanol–water partition coefficient (Wildman–Crippen LogP) is 3.04. The molecule has 0 unspecified atom stereocenters. The topological polar surface area (TPSA) is 69.3 Å². The van der Waals surface area contributed by atoms with Gasteiger partial charge in [-0.05, 0) is 38.3 Å². The van der Waals surface area contributed by atoms with Crippen molar-refractivity contribution in [3.63, 3.8) is 0 Å². The first kappa shape index (κ1) is 20.4. The molecule has 0 radical (unpaired) electrons. The predicted molar refractivity (Wildman–Crippen MR) is 117 cm³/mol. The van der Waals surface area contributed by atoms with Crippen LogP contribution in [0.15, 0.2) is 22.4 Å². The van der Waals surface area contributed by atoms with Gasteiger partial charge in [0.2, 0.25) is 0 Å². The van der Waals surface area contributed by atoms with Crippen molar-refractivity contribution in [2.24, 2.45) is 0 Å². The molecule has 2 aliphatic rings. The number of anilines is 1. The quantitative estimate of drug-likeness (QED) is 0.419.